The monoisotopic (exact) mass is 385 g/mol. The summed E-state index contributed by atoms with van der Waals surface area (Å²) in [5, 5.41) is 13.3. The van der Waals surface area contributed by atoms with Crippen molar-refractivity contribution in [3.05, 3.63) is 48.2 Å². The quantitative estimate of drug-likeness (QED) is 0.488. The molecule has 3 rings (SSSR count). The van der Waals surface area contributed by atoms with E-state index in [-0.39, 0.29) is 12.1 Å². The van der Waals surface area contributed by atoms with Crippen molar-refractivity contribution >= 4 is 22.8 Å². The summed E-state index contributed by atoms with van der Waals surface area (Å²) >= 11 is 0. The molecule has 0 spiro atoms. The van der Waals surface area contributed by atoms with Gasteiger partial charge in [0.15, 0.2) is 0 Å². The first-order valence-electron chi connectivity index (χ1n) is 8.78. The summed E-state index contributed by atoms with van der Waals surface area (Å²) in [4.78, 5) is 16.7. The highest BCUT2D eigenvalue weighted by atomic mass is 16.5. The number of hydrogen-bond acceptors (Lipinski definition) is 6. The molecule has 2 heterocycles. The summed E-state index contributed by atoms with van der Waals surface area (Å²) in [5.41, 5.74) is 1.66. The lowest BCUT2D eigenvalue weighted by atomic mass is 10.1. The van der Waals surface area contributed by atoms with Crippen LogP contribution in [0.2, 0.25) is 0 Å². The SMILES string of the molecule is COCCOc1n[nH]c2cc(NC(=O)NC(COC)c3ccccc3)ncc12. The van der Waals surface area contributed by atoms with Crippen molar-refractivity contribution in [1.82, 2.24) is 20.5 Å². The Morgan fingerprint density at radius 2 is 2.00 bits per heavy atom. The highest BCUT2D eigenvalue weighted by molar-refractivity contribution is 5.92. The standard InChI is InChI=1S/C19H23N5O4/c1-26-8-9-28-18-14-11-20-17(10-15(14)23-24-18)22-19(25)21-16(12-27-2)13-6-4-3-5-7-13/h3-7,10-11,16H,8-9,12H2,1-2H3,(H,23,24)(H2,20,21,22,25). The number of H-pyrrole nitrogens is 1. The number of carbonyl (C=O) groups is 1. The molecule has 2 amide bonds. The first-order chi connectivity index (χ1) is 13.7. The van der Waals surface area contributed by atoms with Crippen LogP contribution in [0.25, 0.3) is 10.9 Å². The molecule has 3 aromatic rings. The smallest absolute Gasteiger partial charge is 0.320 e. The summed E-state index contributed by atoms with van der Waals surface area (Å²) in [6, 6.07) is 10.7. The third kappa shape index (κ3) is 4.96. The highest BCUT2D eigenvalue weighted by Gasteiger charge is 2.15. The number of pyridine rings is 1. The van der Waals surface area contributed by atoms with Gasteiger partial charge in [-0.05, 0) is 5.56 Å². The van der Waals surface area contributed by atoms with Crippen LogP contribution in [0.1, 0.15) is 11.6 Å². The predicted molar refractivity (Wildman–Crippen MR) is 104 cm³/mol. The summed E-state index contributed by atoms with van der Waals surface area (Å²) in [6.07, 6.45) is 1.60. The van der Waals surface area contributed by atoms with E-state index >= 15 is 0 Å². The minimum Gasteiger partial charge on any atom is -0.474 e. The van der Waals surface area contributed by atoms with E-state index in [1.165, 1.54) is 0 Å². The van der Waals surface area contributed by atoms with Crippen LogP contribution in [0, 0.1) is 0 Å². The Bertz CT molecular complexity index is 900. The zero-order chi connectivity index (χ0) is 19.8. The minimum absolute atomic E-state index is 0.275. The van der Waals surface area contributed by atoms with Crippen molar-refractivity contribution in [2.24, 2.45) is 0 Å². The number of aromatic nitrogens is 3. The fourth-order valence-electron chi connectivity index (χ4n) is 2.67. The van der Waals surface area contributed by atoms with Gasteiger partial charge in [-0.25, -0.2) is 9.78 Å². The number of rotatable bonds is 9. The van der Waals surface area contributed by atoms with Crippen molar-refractivity contribution < 1.29 is 19.0 Å². The lowest BCUT2D eigenvalue weighted by Crippen LogP contribution is -2.35. The molecular formula is C19H23N5O4. The van der Waals surface area contributed by atoms with E-state index in [0.717, 1.165) is 10.9 Å². The average Bonchev–Trinajstić information content (AvgIpc) is 3.11. The number of nitrogens with one attached hydrogen (secondary N) is 3. The topological polar surface area (TPSA) is 110 Å². The second-order valence-corrected chi connectivity index (χ2v) is 6.00. The largest absolute Gasteiger partial charge is 0.474 e. The maximum atomic E-state index is 12.4. The normalized spacial score (nSPS) is 11.9. The number of carbonyl (C=O) groups excluding carboxylic acids is 1. The van der Waals surface area contributed by atoms with Gasteiger partial charge < -0.3 is 19.5 Å². The second kappa shape index (κ2) is 9.67. The second-order valence-electron chi connectivity index (χ2n) is 6.00. The minimum atomic E-state index is -0.381. The first-order valence-corrected chi connectivity index (χ1v) is 8.78. The number of urea groups is 1. The van der Waals surface area contributed by atoms with Crippen LogP contribution in [-0.2, 0) is 9.47 Å². The van der Waals surface area contributed by atoms with Gasteiger partial charge in [0.05, 0.1) is 30.2 Å². The Morgan fingerprint density at radius 1 is 1.18 bits per heavy atom. The number of nitrogens with zero attached hydrogens (tertiary/aromatic N) is 2. The van der Waals surface area contributed by atoms with Crippen LogP contribution in [0.3, 0.4) is 0 Å². The Hall–Kier alpha value is -3.17. The van der Waals surface area contributed by atoms with Crippen LogP contribution in [0.5, 0.6) is 5.88 Å². The summed E-state index contributed by atoms with van der Waals surface area (Å²) in [5.74, 6) is 0.834. The molecule has 148 valence electrons. The van der Waals surface area contributed by atoms with Crippen LogP contribution in [0.4, 0.5) is 10.6 Å². The van der Waals surface area contributed by atoms with Gasteiger partial charge in [-0.2, -0.15) is 0 Å². The molecule has 0 aliphatic carbocycles. The third-order valence-electron chi connectivity index (χ3n) is 4.02. The van der Waals surface area contributed by atoms with E-state index in [9.17, 15) is 4.79 Å². The maximum Gasteiger partial charge on any atom is 0.320 e. The number of aromatic amines is 1. The molecule has 0 aliphatic rings. The van der Waals surface area contributed by atoms with Gasteiger partial charge in [-0.1, -0.05) is 30.3 Å². The molecule has 2 aromatic heterocycles. The fraction of sp³-hybridized carbons (Fsp3) is 0.316. The van der Waals surface area contributed by atoms with Gasteiger partial charge in [-0.15, -0.1) is 5.10 Å². The van der Waals surface area contributed by atoms with E-state index in [4.69, 9.17) is 14.2 Å². The molecule has 0 saturated carbocycles. The first kappa shape index (κ1) is 19.6. The fourth-order valence-corrected chi connectivity index (χ4v) is 2.67. The number of amides is 2. The Morgan fingerprint density at radius 3 is 2.75 bits per heavy atom. The third-order valence-corrected chi connectivity index (χ3v) is 4.02. The van der Waals surface area contributed by atoms with Crippen LogP contribution >= 0.6 is 0 Å². The lowest BCUT2D eigenvalue weighted by Gasteiger charge is -2.18. The molecule has 9 heteroatoms. The van der Waals surface area contributed by atoms with E-state index in [0.29, 0.717) is 37.0 Å². The summed E-state index contributed by atoms with van der Waals surface area (Å²) in [6.45, 7) is 1.21. The van der Waals surface area contributed by atoms with Crippen molar-refractivity contribution in [3.8, 4) is 5.88 Å². The molecule has 0 saturated heterocycles. The lowest BCUT2D eigenvalue weighted by molar-refractivity contribution is 0.144. The van der Waals surface area contributed by atoms with Crippen LogP contribution in [0.15, 0.2) is 42.6 Å². The number of ether oxygens (including phenoxy) is 3. The van der Waals surface area contributed by atoms with E-state index < -0.39 is 0 Å². The molecule has 9 nitrogen and oxygen atoms in total. The van der Waals surface area contributed by atoms with Gasteiger partial charge in [0, 0.05) is 26.5 Å². The zero-order valence-corrected chi connectivity index (χ0v) is 15.8. The molecule has 0 bridgehead atoms. The Balaban J connectivity index is 1.65. The van der Waals surface area contributed by atoms with E-state index in [1.807, 2.05) is 30.3 Å². The molecule has 1 unspecified atom stereocenters. The molecular weight excluding hydrogens is 362 g/mol. The summed E-state index contributed by atoms with van der Waals surface area (Å²) in [7, 11) is 3.20. The number of anilines is 1. The molecule has 1 aromatic carbocycles. The van der Waals surface area contributed by atoms with Gasteiger partial charge in [0.25, 0.3) is 0 Å². The van der Waals surface area contributed by atoms with E-state index in [2.05, 4.69) is 25.8 Å². The number of benzene rings is 1. The zero-order valence-electron chi connectivity index (χ0n) is 15.8. The van der Waals surface area contributed by atoms with Crippen molar-refractivity contribution in [3.63, 3.8) is 0 Å². The number of fused-ring (bicyclic) bond motifs is 1. The average molecular weight is 385 g/mol. The van der Waals surface area contributed by atoms with Crippen molar-refractivity contribution in [2.45, 2.75) is 6.04 Å². The highest BCUT2D eigenvalue weighted by Crippen LogP contribution is 2.23. The van der Waals surface area contributed by atoms with Crippen molar-refractivity contribution in [2.75, 3.05) is 39.4 Å². The molecule has 1 atom stereocenters. The molecule has 0 fully saturated rings. The predicted octanol–water partition coefficient (Wildman–Crippen LogP) is 2.49. The Kier molecular flexibility index (Phi) is 6.77. The molecule has 28 heavy (non-hydrogen) atoms. The van der Waals surface area contributed by atoms with Gasteiger partial charge >= 0.3 is 6.03 Å². The Labute approximate surface area is 162 Å². The van der Waals surface area contributed by atoms with Gasteiger partial charge in [0.1, 0.15) is 12.4 Å². The molecule has 3 N–H and O–H groups in total. The molecule has 0 aliphatic heterocycles. The van der Waals surface area contributed by atoms with Gasteiger partial charge in [0.2, 0.25) is 5.88 Å². The van der Waals surface area contributed by atoms with Crippen molar-refractivity contribution in [1.29, 1.82) is 0 Å². The van der Waals surface area contributed by atoms with E-state index in [1.54, 1.807) is 26.5 Å². The van der Waals surface area contributed by atoms with Gasteiger partial charge in [-0.3, -0.25) is 10.4 Å². The van der Waals surface area contributed by atoms with Crippen LogP contribution < -0.4 is 15.4 Å². The number of methoxy groups -OCH3 is 2. The molecule has 0 radical (unpaired) electrons. The summed E-state index contributed by atoms with van der Waals surface area (Å²) < 4.78 is 15.7. The van der Waals surface area contributed by atoms with Crippen LogP contribution in [-0.4, -0.2) is 55.3 Å². The maximum absolute atomic E-state index is 12.4. The number of hydrogen-bond donors (Lipinski definition) is 3.